The number of amidine groups is 1. The molecule has 2 N–H and O–H groups in total. The number of nitrogens with zero attached hydrogens (tertiary/aromatic N) is 2. The lowest BCUT2D eigenvalue weighted by molar-refractivity contribution is -0.125. The fourth-order valence-electron chi connectivity index (χ4n) is 2.09. The van der Waals surface area contributed by atoms with Crippen molar-refractivity contribution in [3.05, 3.63) is 35.9 Å². The maximum Gasteiger partial charge on any atom is 0.240 e. The van der Waals surface area contributed by atoms with E-state index in [1.807, 2.05) is 37.3 Å². The summed E-state index contributed by atoms with van der Waals surface area (Å²) in [6.07, 6.45) is 2.12. The summed E-state index contributed by atoms with van der Waals surface area (Å²) < 4.78 is 0. The number of hydrogen-bond donors (Lipinski definition) is 2. The topological polar surface area (TPSA) is 82.9 Å². The molecule has 1 unspecified atom stereocenters. The highest BCUT2D eigenvalue weighted by molar-refractivity contribution is 8.15. The molecular formula is C17H22N4O2S. The summed E-state index contributed by atoms with van der Waals surface area (Å²) in [7, 11) is 0. The summed E-state index contributed by atoms with van der Waals surface area (Å²) in [5.74, 6) is -0.307. The van der Waals surface area contributed by atoms with E-state index in [1.54, 1.807) is 0 Å². The normalized spacial score (nSPS) is 19.4. The van der Waals surface area contributed by atoms with Crippen molar-refractivity contribution in [2.45, 2.75) is 38.4 Å². The molecule has 0 aliphatic carbocycles. The first kappa shape index (κ1) is 18.2. The zero-order chi connectivity index (χ0) is 17.4. The quantitative estimate of drug-likeness (QED) is 0.451. The van der Waals surface area contributed by atoms with Crippen LogP contribution in [-0.2, 0) is 9.59 Å². The molecule has 0 bridgehead atoms. The molecule has 7 heteroatoms. The minimum absolute atomic E-state index is 0.110. The van der Waals surface area contributed by atoms with Gasteiger partial charge < -0.3 is 10.6 Å². The summed E-state index contributed by atoms with van der Waals surface area (Å²) >= 11 is 1.24. The number of hydrogen-bond acceptors (Lipinski definition) is 5. The van der Waals surface area contributed by atoms with Gasteiger partial charge in [-0.2, -0.15) is 5.10 Å². The van der Waals surface area contributed by atoms with Gasteiger partial charge in [-0.15, -0.1) is 5.10 Å². The molecule has 1 aliphatic rings. The molecule has 0 radical (unpaired) electrons. The predicted molar refractivity (Wildman–Crippen MR) is 98.1 cm³/mol. The highest BCUT2D eigenvalue weighted by Crippen LogP contribution is 2.22. The highest BCUT2D eigenvalue weighted by atomic mass is 32.2. The molecule has 0 spiro atoms. The minimum atomic E-state index is -0.447. The highest BCUT2D eigenvalue weighted by Gasteiger charge is 2.32. The Morgan fingerprint density at radius 2 is 2.08 bits per heavy atom. The van der Waals surface area contributed by atoms with Gasteiger partial charge in [0.1, 0.15) is 5.25 Å². The Hall–Kier alpha value is -2.15. The van der Waals surface area contributed by atoms with Gasteiger partial charge in [0.25, 0.3) is 0 Å². The van der Waals surface area contributed by atoms with Crippen molar-refractivity contribution in [1.29, 1.82) is 0 Å². The average molecular weight is 346 g/mol. The SMILES string of the molecule is CCCCNC(=O)CC1S/C(=N/N=C(C)c2ccccc2)NC1=O. The van der Waals surface area contributed by atoms with Crippen LogP contribution < -0.4 is 10.6 Å². The van der Waals surface area contributed by atoms with Gasteiger partial charge in [-0.3, -0.25) is 9.59 Å². The summed E-state index contributed by atoms with van der Waals surface area (Å²) in [6, 6.07) is 9.69. The predicted octanol–water partition coefficient (Wildman–Crippen LogP) is 2.30. The first-order valence-corrected chi connectivity index (χ1v) is 8.90. The molecule has 1 heterocycles. The summed E-state index contributed by atoms with van der Waals surface area (Å²) in [6.45, 7) is 4.57. The van der Waals surface area contributed by atoms with Crippen molar-refractivity contribution in [1.82, 2.24) is 10.6 Å². The van der Waals surface area contributed by atoms with Crippen LogP contribution in [0.15, 0.2) is 40.5 Å². The van der Waals surface area contributed by atoms with Gasteiger partial charge in [-0.05, 0) is 18.9 Å². The van der Waals surface area contributed by atoms with E-state index in [-0.39, 0.29) is 18.2 Å². The molecule has 6 nitrogen and oxygen atoms in total. The largest absolute Gasteiger partial charge is 0.356 e. The molecule has 24 heavy (non-hydrogen) atoms. The zero-order valence-electron chi connectivity index (χ0n) is 13.9. The van der Waals surface area contributed by atoms with E-state index in [4.69, 9.17) is 0 Å². The van der Waals surface area contributed by atoms with Gasteiger partial charge in [0, 0.05) is 13.0 Å². The van der Waals surface area contributed by atoms with E-state index in [0.29, 0.717) is 11.7 Å². The van der Waals surface area contributed by atoms with Gasteiger partial charge in [-0.1, -0.05) is 55.4 Å². The number of carbonyl (C=O) groups is 2. The van der Waals surface area contributed by atoms with Crippen LogP contribution in [0.4, 0.5) is 0 Å². The Morgan fingerprint density at radius 1 is 1.33 bits per heavy atom. The molecule has 1 fully saturated rings. The van der Waals surface area contributed by atoms with Crippen LogP contribution in [0, 0.1) is 0 Å². The maximum absolute atomic E-state index is 11.9. The van der Waals surface area contributed by atoms with Crippen molar-refractivity contribution < 1.29 is 9.59 Å². The first-order chi connectivity index (χ1) is 11.6. The summed E-state index contributed by atoms with van der Waals surface area (Å²) in [5.41, 5.74) is 1.74. The van der Waals surface area contributed by atoms with E-state index >= 15 is 0 Å². The lowest BCUT2D eigenvalue weighted by Gasteiger charge is -2.06. The van der Waals surface area contributed by atoms with E-state index in [9.17, 15) is 9.59 Å². The van der Waals surface area contributed by atoms with E-state index in [0.717, 1.165) is 24.1 Å². The van der Waals surface area contributed by atoms with Crippen LogP contribution in [-0.4, -0.2) is 34.5 Å². The lowest BCUT2D eigenvalue weighted by atomic mass is 10.1. The third kappa shape index (κ3) is 5.49. The molecule has 2 amide bonds. The second-order valence-electron chi connectivity index (χ2n) is 5.46. The Labute approximate surface area is 146 Å². The Balaban J connectivity index is 1.90. The van der Waals surface area contributed by atoms with Gasteiger partial charge >= 0.3 is 0 Å². The van der Waals surface area contributed by atoms with Crippen molar-refractivity contribution >= 4 is 34.5 Å². The molecule has 2 rings (SSSR count). The summed E-state index contributed by atoms with van der Waals surface area (Å²) in [4.78, 5) is 23.7. The monoisotopic (exact) mass is 346 g/mol. The Morgan fingerprint density at radius 3 is 2.79 bits per heavy atom. The van der Waals surface area contributed by atoms with Crippen LogP contribution >= 0.6 is 11.8 Å². The first-order valence-electron chi connectivity index (χ1n) is 8.02. The van der Waals surface area contributed by atoms with E-state index in [1.165, 1.54) is 11.8 Å². The number of nitrogens with one attached hydrogen (secondary N) is 2. The van der Waals surface area contributed by atoms with Crippen molar-refractivity contribution in [3.8, 4) is 0 Å². The number of thioether (sulfide) groups is 1. The molecule has 1 aliphatic heterocycles. The molecule has 1 atom stereocenters. The fraction of sp³-hybridized carbons (Fsp3) is 0.412. The Kier molecular flexibility index (Phi) is 6.99. The molecular weight excluding hydrogens is 324 g/mol. The van der Waals surface area contributed by atoms with Crippen LogP contribution in [0.3, 0.4) is 0 Å². The lowest BCUT2D eigenvalue weighted by Crippen LogP contribution is -2.31. The van der Waals surface area contributed by atoms with Crippen molar-refractivity contribution in [3.63, 3.8) is 0 Å². The second-order valence-corrected chi connectivity index (χ2v) is 6.65. The van der Waals surface area contributed by atoms with Gasteiger partial charge in [0.2, 0.25) is 11.8 Å². The molecule has 1 saturated heterocycles. The van der Waals surface area contributed by atoms with Gasteiger partial charge in [0.15, 0.2) is 5.17 Å². The molecule has 1 aromatic carbocycles. The second kappa shape index (κ2) is 9.22. The molecule has 0 aromatic heterocycles. The van der Waals surface area contributed by atoms with Crippen LogP contribution in [0.5, 0.6) is 0 Å². The maximum atomic E-state index is 11.9. The number of unbranched alkanes of at least 4 members (excludes halogenated alkanes) is 1. The molecule has 0 saturated carbocycles. The van der Waals surface area contributed by atoms with E-state index < -0.39 is 5.25 Å². The van der Waals surface area contributed by atoms with Gasteiger partial charge in [0.05, 0.1) is 5.71 Å². The standard InChI is InChI=1S/C17H22N4O2S/c1-3-4-10-18-15(22)11-14-16(23)19-17(24-14)21-20-12(2)13-8-6-5-7-9-13/h5-9,14H,3-4,10-11H2,1-2H3,(H,18,22)(H,19,21,23). The molecule has 1 aromatic rings. The number of amides is 2. The minimum Gasteiger partial charge on any atom is -0.356 e. The third-order valence-corrected chi connectivity index (χ3v) is 4.55. The van der Waals surface area contributed by atoms with Crippen molar-refractivity contribution in [2.24, 2.45) is 10.2 Å². The third-order valence-electron chi connectivity index (χ3n) is 3.48. The average Bonchev–Trinajstić information content (AvgIpc) is 2.93. The van der Waals surface area contributed by atoms with Gasteiger partial charge in [-0.25, -0.2) is 0 Å². The van der Waals surface area contributed by atoms with Crippen LogP contribution in [0.25, 0.3) is 0 Å². The van der Waals surface area contributed by atoms with Crippen LogP contribution in [0.1, 0.15) is 38.7 Å². The fourth-order valence-corrected chi connectivity index (χ4v) is 3.01. The molecule has 128 valence electrons. The smallest absolute Gasteiger partial charge is 0.240 e. The van der Waals surface area contributed by atoms with Crippen LogP contribution in [0.2, 0.25) is 0 Å². The van der Waals surface area contributed by atoms with E-state index in [2.05, 4.69) is 27.8 Å². The summed E-state index contributed by atoms with van der Waals surface area (Å²) in [5, 5.41) is 13.7. The number of benzene rings is 1. The number of carbonyl (C=O) groups excluding carboxylic acids is 2. The van der Waals surface area contributed by atoms with Crippen molar-refractivity contribution in [2.75, 3.05) is 6.54 Å². The zero-order valence-corrected chi connectivity index (χ0v) is 14.7. The Bertz CT molecular complexity index is 643. The number of rotatable bonds is 7.